The number of alkyl halides is 3. The first kappa shape index (κ1) is 18.2. The van der Waals surface area contributed by atoms with E-state index in [0.717, 1.165) is 18.2 Å². The molecule has 0 atom stereocenters. The first-order valence-electron chi connectivity index (χ1n) is 6.98. The average Bonchev–Trinajstić information content (AvgIpc) is 2.54. The Morgan fingerprint density at radius 3 is 2.54 bits per heavy atom. The van der Waals surface area contributed by atoms with Crippen molar-refractivity contribution in [2.75, 3.05) is 6.61 Å². The van der Waals surface area contributed by atoms with E-state index in [9.17, 15) is 21.6 Å². The molecule has 0 fully saturated rings. The summed E-state index contributed by atoms with van der Waals surface area (Å²) in [7, 11) is -4.36. The fourth-order valence-electron chi connectivity index (χ4n) is 2.01. The van der Waals surface area contributed by atoms with Crippen LogP contribution in [0.4, 0.5) is 13.2 Å². The second-order valence-electron chi connectivity index (χ2n) is 4.72. The second kappa shape index (κ2) is 7.18. The highest BCUT2D eigenvalue weighted by Crippen LogP contribution is 2.33. The van der Waals surface area contributed by atoms with Gasteiger partial charge < -0.3 is 4.74 Å². The van der Waals surface area contributed by atoms with E-state index in [0.29, 0.717) is 12.2 Å². The van der Waals surface area contributed by atoms with E-state index in [1.807, 2.05) is 0 Å². The van der Waals surface area contributed by atoms with E-state index in [-0.39, 0.29) is 12.4 Å². The average molecular weight is 360 g/mol. The number of nitrogens with zero attached hydrogens (tertiary/aromatic N) is 1. The Labute approximate surface area is 137 Å². The van der Waals surface area contributed by atoms with Gasteiger partial charge in [-0.25, -0.2) is 18.1 Å². The molecule has 9 heteroatoms. The first-order valence-corrected chi connectivity index (χ1v) is 8.46. The van der Waals surface area contributed by atoms with E-state index in [1.54, 1.807) is 19.1 Å². The Morgan fingerprint density at radius 1 is 1.17 bits per heavy atom. The van der Waals surface area contributed by atoms with Crippen LogP contribution < -0.4 is 9.46 Å². The lowest BCUT2D eigenvalue weighted by atomic mass is 10.2. The lowest BCUT2D eigenvalue weighted by Crippen LogP contribution is -2.26. The molecule has 1 aromatic carbocycles. The lowest BCUT2D eigenvalue weighted by molar-refractivity contribution is -0.139. The molecule has 0 radical (unpaired) electrons. The summed E-state index contributed by atoms with van der Waals surface area (Å²) in [4.78, 5) is 3.14. The number of halogens is 3. The highest BCUT2D eigenvalue weighted by Gasteiger charge is 2.36. The molecular weight excluding hydrogens is 345 g/mol. The van der Waals surface area contributed by atoms with E-state index in [1.165, 1.54) is 12.3 Å². The summed E-state index contributed by atoms with van der Waals surface area (Å²) in [5.41, 5.74) is -0.791. The number of benzene rings is 1. The van der Waals surface area contributed by atoms with Crippen LogP contribution in [0, 0.1) is 0 Å². The van der Waals surface area contributed by atoms with Crippen molar-refractivity contribution in [3.63, 3.8) is 0 Å². The molecule has 0 aliphatic carbocycles. The van der Waals surface area contributed by atoms with Crippen LogP contribution in [0.5, 0.6) is 5.88 Å². The molecule has 1 heterocycles. The predicted octanol–water partition coefficient (Wildman–Crippen LogP) is 2.98. The van der Waals surface area contributed by atoms with E-state index in [2.05, 4.69) is 9.71 Å². The van der Waals surface area contributed by atoms with Crippen molar-refractivity contribution in [2.45, 2.75) is 24.5 Å². The van der Waals surface area contributed by atoms with Crippen molar-refractivity contribution >= 4 is 10.0 Å². The molecule has 0 aliphatic heterocycles. The number of hydrogen-bond acceptors (Lipinski definition) is 4. The zero-order valence-electron chi connectivity index (χ0n) is 12.7. The van der Waals surface area contributed by atoms with Gasteiger partial charge in [-0.2, -0.15) is 13.2 Å². The van der Waals surface area contributed by atoms with Gasteiger partial charge in [0.2, 0.25) is 15.9 Å². The van der Waals surface area contributed by atoms with E-state index < -0.39 is 26.7 Å². The number of hydrogen-bond donors (Lipinski definition) is 1. The minimum atomic E-state index is -4.77. The van der Waals surface area contributed by atoms with Gasteiger partial charge in [0.1, 0.15) is 0 Å². The lowest BCUT2D eigenvalue weighted by Gasteiger charge is -2.14. The molecule has 0 bridgehead atoms. The summed E-state index contributed by atoms with van der Waals surface area (Å²) in [5.74, 6) is 0.229. The Morgan fingerprint density at radius 2 is 1.88 bits per heavy atom. The maximum atomic E-state index is 13.0. The number of pyridine rings is 1. The summed E-state index contributed by atoms with van der Waals surface area (Å²) < 4.78 is 70.9. The van der Waals surface area contributed by atoms with Gasteiger partial charge in [-0.1, -0.05) is 18.2 Å². The van der Waals surface area contributed by atoms with Gasteiger partial charge in [-0.05, 0) is 25.1 Å². The fraction of sp³-hybridized carbons (Fsp3) is 0.267. The number of nitrogens with one attached hydrogen (secondary N) is 1. The molecule has 0 saturated heterocycles. The van der Waals surface area contributed by atoms with Crippen molar-refractivity contribution < 1.29 is 26.3 Å². The summed E-state index contributed by atoms with van der Waals surface area (Å²) in [6, 6.07) is 7.17. The van der Waals surface area contributed by atoms with Crippen LogP contribution in [0.1, 0.15) is 18.1 Å². The Balaban J connectivity index is 2.28. The molecule has 0 unspecified atom stereocenters. The number of rotatable bonds is 6. The second-order valence-corrected chi connectivity index (χ2v) is 6.45. The van der Waals surface area contributed by atoms with Crippen molar-refractivity contribution in [3.8, 4) is 5.88 Å². The minimum Gasteiger partial charge on any atom is -0.478 e. The molecule has 0 saturated carbocycles. The van der Waals surface area contributed by atoms with Gasteiger partial charge in [0.15, 0.2) is 0 Å². The van der Waals surface area contributed by atoms with Gasteiger partial charge in [0.05, 0.1) is 17.1 Å². The third kappa shape index (κ3) is 4.24. The van der Waals surface area contributed by atoms with Crippen LogP contribution in [0.25, 0.3) is 0 Å². The van der Waals surface area contributed by atoms with Gasteiger partial charge >= 0.3 is 6.18 Å². The summed E-state index contributed by atoms with van der Waals surface area (Å²) >= 11 is 0. The molecule has 1 N–H and O–H groups in total. The number of sulfonamides is 1. The number of aromatic nitrogens is 1. The maximum Gasteiger partial charge on any atom is 0.417 e. The van der Waals surface area contributed by atoms with Crippen molar-refractivity contribution in [2.24, 2.45) is 0 Å². The molecule has 2 rings (SSSR count). The monoisotopic (exact) mass is 360 g/mol. The molecule has 5 nitrogen and oxygen atoms in total. The van der Waals surface area contributed by atoms with Crippen LogP contribution in [0.2, 0.25) is 0 Å². The van der Waals surface area contributed by atoms with Crippen molar-refractivity contribution in [3.05, 3.63) is 53.7 Å². The third-order valence-corrected chi connectivity index (χ3v) is 4.53. The Hall–Kier alpha value is -2.13. The molecule has 0 spiro atoms. The fourth-order valence-corrected chi connectivity index (χ4v) is 3.24. The SMILES string of the molecule is CCOc1ncccc1CNS(=O)(=O)c1ccccc1C(F)(F)F. The summed E-state index contributed by atoms with van der Waals surface area (Å²) in [5, 5.41) is 0. The van der Waals surface area contributed by atoms with Crippen LogP contribution >= 0.6 is 0 Å². The first-order chi connectivity index (χ1) is 11.3. The van der Waals surface area contributed by atoms with Gasteiger partial charge in [0.25, 0.3) is 0 Å². The highest BCUT2D eigenvalue weighted by molar-refractivity contribution is 7.89. The van der Waals surface area contributed by atoms with Crippen LogP contribution in [-0.4, -0.2) is 20.0 Å². The molecule has 1 aromatic heterocycles. The molecule has 130 valence electrons. The zero-order valence-corrected chi connectivity index (χ0v) is 13.5. The summed E-state index contributed by atoms with van der Waals surface area (Å²) in [6.07, 6.45) is -3.29. The van der Waals surface area contributed by atoms with Gasteiger partial charge in [0, 0.05) is 18.3 Å². The van der Waals surface area contributed by atoms with Crippen molar-refractivity contribution in [1.82, 2.24) is 9.71 Å². The Bertz CT molecular complexity index is 808. The highest BCUT2D eigenvalue weighted by atomic mass is 32.2. The molecule has 2 aromatic rings. The quantitative estimate of drug-likeness (QED) is 0.860. The van der Waals surface area contributed by atoms with E-state index in [4.69, 9.17) is 4.74 Å². The topological polar surface area (TPSA) is 68.3 Å². The zero-order chi connectivity index (χ0) is 17.8. The minimum absolute atomic E-state index is 0.229. The third-order valence-electron chi connectivity index (χ3n) is 3.07. The molecule has 0 aliphatic rings. The molecule has 24 heavy (non-hydrogen) atoms. The van der Waals surface area contributed by atoms with Gasteiger partial charge in [-0.15, -0.1) is 0 Å². The smallest absolute Gasteiger partial charge is 0.417 e. The normalized spacial score (nSPS) is 12.2. The van der Waals surface area contributed by atoms with Crippen LogP contribution in [0.3, 0.4) is 0 Å². The Kier molecular flexibility index (Phi) is 5.45. The van der Waals surface area contributed by atoms with Crippen LogP contribution in [-0.2, 0) is 22.7 Å². The van der Waals surface area contributed by atoms with Crippen molar-refractivity contribution in [1.29, 1.82) is 0 Å². The summed E-state index contributed by atoms with van der Waals surface area (Å²) in [6.45, 7) is 1.83. The van der Waals surface area contributed by atoms with Crippen LogP contribution in [0.15, 0.2) is 47.5 Å². The van der Waals surface area contributed by atoms with E-state index >= 15 is 0 Å². The largest absolute Gasteiger partial charge is 0.478 e. The predicted molar refractivity (Wildman–Crippen MR) is 80.9 cm³/mol. The molecular formula is C15H15F3N2O3S. The standard InChI is InChI=1S/C15H15F3N2O3S/c1-2-23-14-11(6-5-9-19-14)10-20-24(21,22)13-8-4-3-7-12(13)15(16,17)18/h3-9,20H,2,10H2,1H3. The molecule has 0 amide bonds. The maximum absolute atomic E-state index is 13.0. The number of ether oxygens (including phenoxy) is 1. The van der Waals surface area contributed by atoms with Gasteiger partial charge in [-0.3, -0.25) is 0 Å².